The van der Waals surface area contributed by atoms with Crippen molar-refractivity contribution in [3.8, 4) is 0 Å². The van der Waals surface area contributed by atoms with Crippen molar-refractivity contribution in [1.29, 1.82) is 0 Å². The van der Waals surface area contributed by atoms with Crippen molar-refractivity contribution in [3.05, 3.63) is 24.3 Å². The second-order valence-electron chi connectivity index (χ2n) is 6.40. The summed E-state index contributed by atoms with van der Waals surface area (Å²) in [5, 5.41) is 3.23. The molecule has 1 rings (SSSR count). The van der Waals surface area contributed by atoms with Crippen LogP contribution in [-0.4, -0.2) is 43.4 Å². The first-order valence-electron chi connectivity index (χ1n) is 9.03. The zero-order chi connectivity index (χ0) is 18.5. The normalized spacial score (nSPS) is 18.0. The van der Waals surface area contributed by atoms with Gasteiger partial charge in [0.2, 0.25) is 0 Å². The molecular weight excluding hydrogens is 342 g/mol. The molecule has 0 aliphatic heterocycles. The van der Waals surface area contributed by atoms with E-state index in [0.29, 0.717) is 6.04 Å². The summed E-state index contributed by atoms with van der Waals surface area (Å²) in [6, 6.07) is 0.302. The Morgan fingerprint density at radius 3 is 2.52 bits per heavy atom. The fourth-order valence-corrected chi connectivity index (χ4v) is 3.50. The molecule has 6 nitrogen and oxygen atoms in total. The number of nitrogens with one attached hydrogen (secondary N) is 1. The van der Waals surface area contributed by atoms with Crippen LogP contribution in [0.1, 0.15) is 58.3 Å². The van der Waals surface area contributed by atoms with Crippen LogP contribution in [0, 0.1) is 0 Å². The van der Waals surface area contributed by atoms with Gasteiger partial charge in [-0.15, -0.1) is 0 Å². The number of carbonyl (C=O) groups excluding carboxylic acids is 1. The monoisotopic (exact) mass is 372 g/mol. The van der Waals surface area contributed by atoms with Gasteiger partial charge in [-0.2, -0.15) is 0 Å². The molecule has 0 aromatic rings. The molecule has 1 aliphatic rings. The number of unbranched alkanes of at least 4 members (excludes halogenated alkanes) is 1. The predicted octanol–water partition coefficient (Wildman–Crippen LogP) is 2.67. The Hall–Kier alpha value is -1.18. The number of allylic oxidation sites excluding steroid dienone is 3. The molecule has 0 saturated heterocycles. The summed E-state index contributed by atoms with van der Waals surface area (Å²) in [6.45, 7) is 2.15. The molecule has 0 aromatic heterocycles. The molecule has 0 amide bonds. The molecule has 0 bridgehead atoms. The molecule has 1 unspecified atom stereocenters. The molecular formula is C18H30NO5S-. The molecule has 1 atom stereocenters. The van der Waals surface area contributed by atoms with Crippen molar-refractivity contribution in [3.63, 3.8) is 0 Å². The summed E-state index contributed by atoms with van der Waals surface area (Å²) in [5.74, 6) is -1.20. The summed E-state index contributed by atoms with van der Waals surface area (Å²) >= 11 is 0. The van der Waals surface area contributed by atoms with E-state index in [4.69, 9.17) is 4.74 Å². The van der Waals surface area contributed by atoms with Crippen LogP contribution in [-0.2, 0) is 19.6 Å². The number of rotatable bonds is 11. The van der Waals surface area contributed by atoms with Crippen molar-refractivity contribution >= 4 is 16.1 Å². The second-order valence-corrected chi connectivity index (χ2v) is 7.85. The summed E-state index contributed by atoms with van der Waals surface area (Å²) in [5.41, 5.74) is 0. The maximum atomic E-state index is 11.9. The lowest BCUT2D eigenvalue weighted by molar-refractivity contribution is -0.146. The lowest BCUT2D eigenvalue weighted by Gasteiger charge is -2.26. The van der Waals surface area contributed by atoms with E-state index in [2.05, 4.69) is 5.32 Å². The van der Waals surface area contributed by atoms with Gasteiger partial charge in [0.1, 0.15) is 6.10 Å². The molecule has 0 spiro atoms. The van der Waals surface area contributed by atoms with E-state index in [1.165, 1.54) is 6.42 Å². The predicted molar refractivity (Wildman–Crippen MR) is 97.1 cm³/mol. The van der Waals surface area contributed by atoms with Crippen molar-refractivity contribution in [2.45, 2.75) is 70.4 Å². The molecule has 1 saturated carbocycles. The average Bonchev–Trinajstić information content (AvgIpc) is 2.55. The van der Waals surface area contributed by atoms with Crippen molar-refractivity contribution in [1.82, 2.24) is 5.32 Å². The number of esters is 1. The van der Waals surface area contributed by atoms with Gasteiger partial charge in [0, 0.05) is 12.6 Å². The quantitative estimate of drug-likeness (QED) is 0.259. The highest BCUT2D eigenvalue weighted by atomic mass is 32.2. The van der Waals surface area contributed by atoms with Crippen LogP contribution < -0.4 is 5.32 Å². The van der Waals surface area contributed by atoms with Gasteiger partial charge in [-0.1, -0.05) is 43.6 Å². The third-order valence-corrected chi connectivity index (χ3v) is 4.89. The van der Waals surface area contributed by atoms with Crippen LogP contribution in [0.15, 0.2) is 24.3 Å². The number of hydrogen-bond donors (Lipinski definition) is 1. The van der Waals surface area contributed by atoms with Gasteiger partial charge in [-0.3, -0.25) is 4.79 Å². The minimum atomic E-state index is -4.45. The SMILES string of the molecule is C/C=C\CC/C=C\CC(=O)OC(CNC1CCCCC1)CS(=O)(=O)[O-]. The van der Waals surface area contributed by atoms with Crippen LogP contribution >= 0.6 is 0 Å². The highest BCUT2D eigenvalue weighted by molar-refractivity contribution is 7.85. The molecule has 1 fully saturated rings. The number of hydrogen-bond acceptors (Lipinski definition) is 6. The third-order valence-electron chi connectivity index (χ3n) is 4.11. The van der Waals surface area contributed by atoms with Crippen LogP contribution in [0.2, 0.25) is 0 Å². The zero-order valence-corrected chi connectivity index (χ0v) is 15.8. The Morgan fingerprint density at radius 2 is 1.88 bits per heavy atom. The van der Waals surface area contributed by atoms with Crippen molar-refractivity contribution < 1.29 is 22.5 Å². The lowest BCUT2D eigenvalue weighted by Crippen LogP contribution is -2.41. The zero-order valence-electron chi connectivity index (χ0n) is 15.0. The van der Waals surface area contributed by atoms with E-state index >= 15 is 0 Å². The van der Waals surface area contributed by atoms with Gasteiger partial charge in [0.15, 0.2) is 0 Å². The Morgan fingerprint density at radius 1 is 1.20 bits per heavy atom. The maximum absolute atomic E-state index is 11.9. The molecule has 0 radical (unpaired) electrons. The van der Waals surface area contributed by atoms with Crippen molar-refractivity contribution in [2.75, 3.05) is 12.3 Å². The number of ether oxygens (including phenoxy) is 1. The molecule has 1 aliphatic carbocycles. The highest BCUT2D eigenvalue weighted by Crippen LogP contribution is 2.17. The molecule has 25 heavy (non-hydrogen) atoms. The van der Waals surface area contributed by atoms with E-state index in [1.54, 1.807) is 6.08 Å². The molecule has 1 N–H and O–H groups in total. The van der Waals surface area contributed by atoms with Gasteiger partial charge in [0.05, 0.1) is 22.3 Å². The van der Waals surface area contributed by atoms with E-state index in [-0.39, 0.29) is 13.0 Å². The molecule has 7 heteroatoms. The molecule has 144 valence electrons. The Kier molecular flexibility index (Phi) is 10.7. The Bertz CT molecular complexity index is 536. The van der Waals surface area contributed by atoms with E-state index in [9.17, 15) is 17.8 Å². The maximum Gasteiger partial charge on any atom is 0.309 e. The van der Waals surface area contributed by atoms with Crippen LogP contribution in [0.3, 0.4) is 0 Å². The topological polar surface area (TPSA) is 95.5 Å². The van der Waals surface area contributed by atoms with Gasteiger partial charge in [-0.05, 0) is 32.6 Å². The van der Waals surface area contributed by atoms with Crippen LogP contribution in [0.4, 0.5) is 0 Å². The van der Waals surface area contributed by atoms with Gasteiger partial charge in [0.25, 0.3) is 0 Å². The summed E-state index contributed by atoms with van der Waals surface area (Å²) in [6.07, 6.45) is 14.0. The van der Waals surface area contributed by atoms with Crippen molar-refractivity contribution in [2.24, 2.45) is 0 Å². The third kappa shape index (κ3) is 11.9. The highest BCUT2D eigenvalue weighted by Gasteiger charge is 2.20. The minimum absolute atomic E-state index is 0.0780. The standard InChI is InChI=1S/C18H31NO5S/c1-2-3-4-5-6-10-13-18(20)24-17(15-25(21,22)23)14-19-16-11-8-7-9-12-16/h2-3,6,10,16-17,19H,4-5,7-9,11-15H2,1H3,(H,21,22,23)/p-1/b3-2-,10-6-. The first-order valence-corrected chi connectivity index (χ1v) is 10.6. The van der Waals surface area contributed by atoms with Gasteiger partial charge >= 0.3 is 5.97 Å². The molecule has 0 heterocycles. The van der Waals surface area contributed by atoms with Crippen LogP contribution in [0.5, 0.6) is 0 Å². The van der Waals surface area contributed by atoms with E-state index in [0.717, 1.165) is 38.5 Å². The van der Waals surface area contributed by atoms with E-state index < -0.39 is 27.9 Å². The first kappa shape index (κ1) is 21.9. The number of carbonyl (C=O) groups is 1. The summed E-state index contributed by atoms with van der Waals surface area (Å²) in [4.78, 5) is 11.9. The summed E-state index contributed by atoms with van der Waals surface area (Å²) in [7, 11) is -4.45. The Balaban J connectivity index is 2.41. The fourth-order valence-electron chi connectivity index (χ4n) is 2.86. The lowest BCUT2D eigenvalue weighted by atomic mass is 9.95. The largest absolute Gasteiger partial charge is 0.748 e. The first-order chi connectivity index (χ1) is 11.9. The fraction of sp³-hybridized carbons (Fsp3) is 0.722. The Labute approximate surface area is 151 Å². The average molecular weight is 373 g/mol. The summed E-state index contributed by atoms with van der Waals surface area (Å²) < 4.78 is 38.3. The van der Waals surface area contributed by atoms with Gasteiger partial charge in [-0.25, -0.2) is 8.42 Å². The van der Waals surface area contributed by atoms with E-state index in [1.807, 2.05) is 25.2 Å². The smallest absolute Gasteiger partial charge is 0.309 e. The van der Waals surface area contributed by atoms with Crippen LogP contribution in [0.25, 0.3) is 0 Å². The second kappa shape index (κ2) is 12.2. The minimum Gasteiger partial charge on any atom is -0.748 e. The molecule has 0 aromatic carbocycles. The van der Waals surface area contributed by atoms with Gasteiger partial charge < -0.3 is 14.6 Å².